The Morgan fingerprint density at radius 1 is 1.08 bits per heavy atom. The SMILES string of the molecule is Cn1cc(CF)c(C(=S)Nc2ccccc2-c2ccc(F)cc2)c1. The Labute approximate surface area is 144 Å². The molecule has 0 saturated heterocycles. The first-order valence-electron chi connectivity index (χ1n) is 7.45. The van der Waals surface area contributed by atoms with E-state index in [1.807, 2.05) is 31.3 Å². The van der Waals surface area contributed by atoms with Gasteiger partial charge in [0.15, 0.2) is 0 Å². The smallest absolute Gasteiger partial charge is 0.123 e. The number of hydrogen-bond acceptors (Lipinski definition) is 1. The highest BCUT2D eigenvalue weighted by Crippen LogP contribution is 2.29. The van der Waals surface area contributed by atoms with Gasteiger partial charge in [-0.2, -0.15) is 0 Å². The molecule has 3 rings (SSSR count). The van der Waals surface area contributed by atoms with E-state index >= 15 is 0 Å². The summed E-state index contributed by atoms with van der Waals surface area (Å²) in [6, 6.07) is 13.9. The number of aryl methyl sites for hydroxylation is 1. The summed E-state index contributed by atoms with van der Waals surface area (Å²) in [5.41, 5.74) is 3.79. The first-order chi connectivity index (χ1) is 11.6. The van der Waals surface area contributed by atoms with Crippen molar-refractivity contribution in [3.8, 4) is 11.1 Å². The molecule has 24 heavy (non-hydrogen) atoms. The van der Waals surface area contributed by atoms with E-state index in [4.69, 9.17) is 12.2 Å². The van der Waals surface area contributed by atoms with Crippen LogP contribution in [0.25, 0.3) is 11.1 Å². The number of thiocarbonyl (C=S) groups is 1. The first kappa shape index (κ1) is 16.3. The van der Waals surface area contributed by atoms with Crippen molar-refractivity contribution in [2.24, 2.45) is 7.05 Å². The molecule has 0 aliphatic carbocycles. The predicted octanol–water partition coefficient (Wildman–Crippen LogP) is 5.09. The van der Waals surface area contributed by atoms with E-state index in [2.05, 4.69) is 5.32 Å². The molecular weight excluding hydrogens is 326 g/mol. The van der Waals surface area contributed by atoms with Gasteiger partial charge in [-0.25, -0.2) is 8.78 Å². The summed E-state index contributed by atoms with van der Waals surface area (Å²) in [7, 11) is 1.83. The van der Waals surface area contributed by atoms with Crippen molar-refractivity contribution in [3.63, 3.8) is 0 Å². The second kappa shape index (κ2) is 6.93. The Bertz CT molecular complexity index is 869. The highest BCUT2D eigenvalue weighted by atomic mass is 32.1. The van der Waals surface area contributed by atoms with Crippen molar-refractivity contribution < 1.29 is 8.78 Å². The number of benzene rings is 2. The molecule has 1 N–H and O–H groups in total. The molecular formula is C19H16F2N2S. The van der Waals surface area contributed by atoms with Gasteiger partial charge in [-0.05, 0) is 23.8 Å². The summed E-state index contributed by atoms with van der Waals surface area (Å²) in [5.74, 6) is -0.281. The summed E-state index contributed by atoms with van der Waals surface area (Å²) in [6.45, 7) is -0.572. The Morgan fingerprint density at radius 2 is 1.79 bits per heavy atom. The summed E-state index contributed by atoms with van der Waals surface area (Å²) < 4.78 is 28.1. The van der Waals surface area contributed by atoms with Crippen molar-refractivity contribution in [3.05, 3.63) is 77.9 Å². The fraction of sp³-hybridized carbons (Fsp3) is 0.105. The van der Waals surface area contributed by atoms with Gasteiger partial charge in [-0.15, -0.1) is 0 Å². The molecule has 1 aromatic heterocycles. The molecule has 0 unspecified atom stereocenters. The van der Waals surface area contributed by atoms with Gasteiger partial charge in [-0.3, -0.25) is 0 Å². The minimum Gasteiger partial charge on any atom is -0.356 e. The molecule has 0 aliphatic rings. The van der Waals surface area contributed by atoms with Crippen LogP contribution in [0.5, 0.6) is 0 Å². The molecule has 0 bridgehead atoms. The molecule has 2 aromatic carbocycles. The fourth-order valence-corrected chi connectivity index (χ4v) is 2.91. The highest BCUT2D eigenvalue weighted by Gasteiger charge is 2.12. The van der Waals surface area contributed by atoms with E-state index in [0.717, 1.165) is 16.8 Å². The van der Waals surface area contributed by atoms with Crippen molar-refractivity contribution in [1.29, 1.82) is 0 Å². The molecule has 0 amide bonds. The molecule has 0 radical (unpaired) electrons. The van der Waals surface area contributed by atoms with Crippen LogP contribution in [0, 0.1) is 5.82 Å². The lowest BCUT2D eigenvalue weighted by molar-refractivity contribution is 0.484. The van der Waals surface area contributed by atoms with Gasteiger partial charge in [0.05, 0.1) is 0 Å². The van der Waals surface area contributed by atoms with Gasteiger partial charge >= 0.3 is 0 Å². The van der Waals surface area contributed by atoms with Crippen LogP contribution >= 0.6 is 12.2 Å². The molecule has 0 atom stereocenters. The van der Waals surface area contributed by atoms with Gasteiger partial charge in [0.25, 0.3) is 0 Å². The van der Waals surface area contributed by atoms with E-state index in [1.54, 1.807) is 29.1 Å². The number of nitrogens with one attached hydrogen (secondary N) is 1. The zero-order valence-electron chi connectivity index (χ0n) is 13.1. The predicted molar refractivity (Wildman–Crippen MR) is 97.4 cm³/mol. The van der Waals surface area contributed by atoms with Crippen molar-refractivity contribution in [2.75, 3.05) is 5.32 Å². The van der Waals surface area contributed by atoms with Crippen LogP contribution in [0.3, 0.4) is 0 Å². The van der Waals surface area contributed by atoms with Gasteiger partial charge in [0.1, 0.15) is 17.5 Å². The Morgan fingerprint density at radius 3 is 2.50 bits per heavy atom. The third-order valence-corrected chi connectivity index (χ3v) is 4.08. The van der Waals surface area contributed by atoms with Gasteiger partial charge in [-0.1, -0.05) is 42.5 Å². The lowest BCUT2D eigenvalue weighted by Gasteiger charge is -2.13. The normalized spacial score (nSPS) is 10.6. The van der Waals surface area contributed by atoms with Crippen LogP contribution in [-0.4, -0.2) is 9.56 Å². The summed E-state index contributed by atoms with van der Waals surface area (Å²) in [6.07, 6.45) is 3.51. The van der Waals surface area contributed by atoms with Gasteiger partial charge in [0.2, 0.25) is 0 Å². The fourth-order valence-electron chi connectivity index (χ4n) is 2.61. The number of para-hydroxylation sites is 1. The van der Waals surface area contributed by atoms with Crippen LogP contribution in [0.15, 0.2) is 60.9 Å². The Hall–Kier alpha value is -2.53. The van der Waals surface area contributed by atoms with Gasteiger partial charge < -0.3 is 9.88 Å². The molecule has 3 aromatic rings. The number of nitrogens with zero attached hydrogens (tertiary/aromatic N) is 1. The molecule has 2 nitrogen and oxygen atoms in total. The van der Waals surface area contributed by atoms with E-state index < -0.39 is 6.67 Å². The third kappa shape index (κ3) is 3.36. The van der Waals surface area contributed by atoms with Crippen LogP contribution in [-0.2, 0) is 13.7 Å². The van der Waals surface area contributed by atoms with Crippen molar-refractivity contribution >= 4 is 22.9 Å². The molecule has 0 saturated carbocycles. The standard InChI is InChI=1S/C19H16F2N2S/c1-23-11-14(10-20)17(12-23)19(24)22-18-5-3-2-4-16(18)13-6-8-15(21)9-7-13/h2-9,11-12H,10H2,1H3,(H,22,24). The third-order valence-electron chi connectivity index (χ3n) is 3.76. The number of halogens is 2. The van der Waals surface area contributed by atoms with Crippen LogP contribution in [0.4, 0.5) is 14.5 Å². The van der Waals surface area contributed by atoms with E-state index in [1.165, 1.54) is 12.1 Å². The molecule has 0 fully saturated rings. The van der Waals surface area contributed by atoms with Crippen LogP contribution in [0.1, 0.15) is 11.1 Å². The number of aromatic nitrogens is 1. The van der Waals surface area contributed by atoms with E-state index in [9.17, 15) is 8.78 Å². The minimum atomic E-state index is -0.572. The molecule has 5 heteroatoms. The zero-order valence-corrected chi connectivity index (χ0v) is 13.9. The quantitative estimate of drug-likeness (QED) is 0.665. The molecule has 0 aliphatic heterocycles. The lowest BCUT2D eigenvalue weighted by atomic mass is 10.0. The topological polar surface area (TPSA) is 17.0 Å². The summed E-state index contributed by atoms with van der Waals surface area (Å²) >= 11 is 5.45. The Balaban J connectivity index is 1.93. The maximum atomic E-state index is 13.1. The average Bonchev–Trinajstić information content (AvgIpc) is 2.97. The zero-order chi connectivity index (χ0) is 17.1. The van der Waals surface area contributed by atoms with Gasteiger partial charge in [0, 0.05) is 41.8 Å². The molecule has 1 heterocycles. The monoisotopic (exact) mass is 342 g/mol. The highest BCUT2D eigenvalue weighted by molar-refractivity contribution is 7.81. The second-order valence-electron chi connectivity index (χ2n) is 5.50. The lowest BCUT2D eigenvalue weighted by Crippen LogP contribution is -2.12. The number of rotatable bonds is 4. The maximum absolute atomic E-state index is 13.1. The van der Waals surface area contributed by atoms with Crippen molar-refractivity contribution in [2.45, 2.75) is 6.67 Å². The number of anilines is 1. The molecule has 0 spiro atoms. The average molecular weight is 342 g/mol. The second-order valence-corrected chi connectivity index (χ2v) is 5.91. The number of alkyl halides is 1. The van der Waals surface area contributed by atoms with Crippen LogP contribution < -0.4 is 5.32 Å². The largest absolute Gasteiger partial charge is 0.356 e. The molecule has 122 valence electrons. The summed E-state index contributed by atoms with van der Waals surface area (Å²) in [4.78, 5) is 0.456. The van der Waals surface area contributed by atoms with E-state index in [0.29, 0.717) is 16.1 Å². The first-order valence-corrected chi connectivity index (χ1v) is 7.86. The Kier molecular flexibility index (Phi) is 4.71. The minimum absolute atomic E-state index is 0.281. The van der Waals surface area contributed by atoms with E-state index in [-0.39, 0.29) is 5.82 Å². The van der Waals surface area contributed by atoms with Crippen molar-refractivity contribution in [1.82, 2.24) is 4.57 Å². The summed E-state index contributed by atoms with van der Waals surface area (Å²) in [5, 5.41) is 3.19. The van der Waals surface area contributed by atoms with Crippen LogP contribution in [0.2, 0.25) is 0 Å². The maximum Gasteiger partial charge on any atom is 0.123 e. The number of hydrogen-bond donors (Lipinski definition) is 1.